The average molecular weight is 533 g/mol. The highest BCUT2D eigenvalue weighted by Gasteiger charge is 2.16. The number of aliphatic hydroxyl groups is 2. The number of hydrogen-bond donors (Lipinski definition) is 7. The molecule has 1 aromatic heterocycles. The quantitative estimate of drug-likeness (QED) is 0.0927. The van der Waals surface area contributed by atoms with Crippen molar-refractivity contribution < 1.29 is 24.9 Å². The summed E-state index contributed by atoms with van der Waals surface area (Å²) >= 11 is 10.1. The molecule has 36 heavy (non-hydrogen) atoms. The number of hydrogen-bond acceptors (Lipinski definition) is 10. The maximum atomic E-state index is 10.9. The Morgan fingerprint density at radius 1 is 1.11 bits per heavy atom. The first-order chi connectivity index (χ1) is 17.4. The number of nitrogens with zero attached hydrogens (tertiary/aromatic N) is 2. The molecule has 0 radical (unpaired) electrons. The summed E-state index contributed by atoms with van der Waals surface area (Å²) in [6.45, 7) is 1.83. The van der Waals surface area contributed by atoms with Gasteiger partial charge in [0.15, 0.2) is 10.9 Å². The van der Waals surface area contributed by atoms with Crippen molar-refractivity contribution in [2.45, 2.75) is 12.5 Å². The molecule has 0 amide bonds. The van der Waals surface area contributed by atoms with Crippen molar-refractivity contribution in [1.29, 1.82) is 0 Å². The van der Waals surface area contributed by atoms with Crippen LogP contribution in [0.25, 0.3) is 0 Å². The van der Waals surface area contributed by atoms with E-state index in [1.807, 2.05) is 29.2 Å². The zero-order valence-corrected chi connectivity index (χ0v) is 20.9. The van der Waals surface area contributed by atoms with Crippen LogP contribution in [0.3, 0.4) is 0 Å². The van der Waals surface area contributed by atoms with E-state index in [1.54, 1.807) is 24.3 Å². The normalized spacial score (nSPS) is 11.6. The summed E-state index contributed by atoms with van der Waals surface area (Å²) < 4.78 is 6.37. The molecular weight excluding hydrogens is 504 g/mol. The maximum absolute atomic E-state index is 10.9. The van der Waals surface area contributed by atoms with Crippen molar-refractivity contribution in [2.24, 2.45) is 0 Å². The van der Waals surface area contributed by atoms with E-state index >= 15 is 0 Å². The first-order valence-electron chi connectivity index (χ1n) is 11.1. The molecule has 13 heteroatoms. The summed E-state index contributed by atoms with van der Waals surface area (Å²) in [6, 6.07) is 14.2. The second-order valence-corrected chi connectivity index (χ2v) is 8.47. The highest BCUT2D eigenvalue weighted by atomic mass is 32.1. The van der Waals surface area contributed by atoms with E-state index < -0.39 is 12.1 Å². The highest BCUT2D eigenvalue weighted by Crippen LogP contribution is 2.20. The first-order valence-corrected chi connectivity index (χ1v) is 11.9. The molecule has 3 aromatic rings. The lowest BCUT2D eigenvalue weighted by atomic mass is 10.1. The minimum absolute atomic E-state index is 0.0255. The van der Waals surface area contributed by atoms with Crippen LogP contribution in [0.5, 0.6) is 0 Å². The van der Waals surface area contributed by atoms with Crippen LogP contribution in [0.4, 0.5) is 23.0 Å². The zero-order valence-electron chi connectivity index (χ0n) is 19.3. The van der Waals surface area contributed by atoms with E-state index in [0.29, 0.717) is 49.1 Å². The molecular formula is C23H28N6O5S2. The SMILES string of the molecule is O=C(O)C(O)c1ccc(N(CCO)CCCOCNc2cccc(Nc3nc(=S)[nH]c(=S)[nH]3)c2)cc1. The van der Waals surface area contributed by atoms with E-state index in [1.165, 1.54) is 0 Å². The number of nitrogens with one attached hydrogen (secondary N) is 4. The van der Waals surface area contributed by atoms with Crippen molar-refractivity contribution in [3.05, 3.63) is 63.6 Å². The standard InChI is InChI=1S/C23H28N6O5S2/c30-11-10-29(18-7-5-15(6-8-18)19(31)20(32)33)9-2-12-34-14-24-16-3-1-4-17(13-16)25-21-26-22(35)28-23(36)27-21/h1,3-8,13,19,24,30-31H,2,9-12,14H2,(H,32,33)(H3,25,26,27,28,35,36). The third-order valence-corrected chi connectivity index (χ3v) is 5.46. The third-order valence-electron chi connectivity index (χ3n) is 5.06. The van der Waals surface area contributed by atoms with Crippen LogP contribution in [0.2, 0.25) is 0 Å². The minimum atomic E-state index is -1.56. The number of aliphatic carboxylic acids is 1. The third kappa shape index (κ3) is 8.39. The molecule has 0 spiro atoms. The summed E-state index contributed by atoms with van der Waals surface area (Å²) in [6.07, 6.45) is -0.851. The molecule has 0 bridgehead atoms. The summed E-state index contributed by atoms with van der Waals surface area (Å²) in [7, 11) is 0. The van der Waals surface area contributed by atoms with Gasteiger partial charge >= 0.3 is 5.97 Å². The molecule has 2 aromatic carbocycles. The number of aromatic nitrogens is 3. The Morgan fingerprint density at radius 2 is 1.86 bits per heavy atom. The van der Waals surface area contributed by atoms with Crippen molar-refractivity contribution >= 4 is 53.4 Å². The second-order valence-electron chi connectivity index (χ2n) is 7.68. The number of aromatic amines is 2. The summed E-state index contributed by atoms with van der Waals surface area (Å²) in [4.78, 5) is 22.7. The van der Waals surface area contributed by atoms with Crippen LogP contribution >= 0.6 is 24.4 Å². The van der Waals surface area contributed by atoms with Gasteiger partial charge in [-0.15, -0.1) is 0 Å². The van der Waals surface area contributed by atoms with E-state index in [0.717, 1.165) is 17.1 Å². The van der Waals surface area contributed by atoms with Crippen molar-refractivity contribution in [3.63, 3.8) is 0 Å². The summed E-state index contributed by atoms with van der Waals surface area (Å²) in [5.74, 6) is -0.858. The maximum Gasteiger partial charge on any atom is 0.337 e. The fourth-order valence-electron chi connectivity index (χ4n) is 3.36. The van der Waals surface area contributed by atoms with Gasteiger partial charge in [0.2, 0.25) is 10.7 Å². The molecule has 0 aliphatic carbocycles. The Labute approximate surface area is 217 Å². The molecule has 192 valence electrons. The van der Waals surface area contributed by atoms with Crippen molar-refractivity contribution in [2.75, 3.05) is 48.6 Å². The predicted molar refractivity (Wildman–Crippen MR) is 142 cm³/mol. The van der Waals surface area contributed by atoms with Gasteiger partial charge in [-0.2, -0.15) is 4.98 Å². The van der Waals surface area contributed by atoms with Gasteiger partial charge in [-0.05, 0) is 66.8 Å². The predicted octanol–water partition coefficient (Wildman–Crippen LogP) is 3.33. The molecule has 0 aliphatic rings. The number of carboxylic acid groups (broad SMARTS) is 1. The number of carbonyl (C=O) groups is 1. The number of rotatable bonds is 14. The van der Waals surface area contributed by atoms with Crippen LogP contribution in [0.15, 0.2) is 48.5 Å². The van der Waals surface area contributed by atoms with E-state index in [-0.39, 0.29) is 11.4 Å². The first kappa shape index (κ1) is 27.2. The van der Waals surface area contributed by atoms with Gasteiger partial charge in [-0.1, -0.05) is 18.2 Å². The fourth-order valence-corrected chi connectivity index (χ4v) is 3.81. The molecule has 7 N–H and O–H groups in total. The average Bonchev–Trinajstić information content (AvgIpc) is 2.84. The highest BCUT2D eigenvalue weighted by molar-refractivity contribution is 7.71. The Morgan fingerprint density at radius 3 is 2.56 bits per heavy atom. The number of ether oxygens (including phenoxy) is 1. The number of aliphatic hydroxyl groups excluding tert-OH is 2. The van der Waals surface area contributed by atoms with Crippen LogP contribution in [0, 0.1) is 9.54 Å². The Bertz CT molecular complexity index is 1220. The number of H-pyrrole nitrogens is 2. The van der Waals surface area contributed by atoms with Gasteiger partial charge in [0.05, 0.1) is 13.2 Å². The van der Waals surface area contributed by atoms with E-state index in [4.69, 9.17) is 34.3 Å². The van der Waals surface area contributed by atoms with Crippen LogP contribution in [-0.4, -0.2) is 69.3 Å². The molecule has 1 heterocycles. The van der Waals surface area contributed by atoms with E-state index in [9.17, 15) is 15.0 Å². The van der Waals surface area contributed by atoms with Crippen molar-refractivity contribution in [3.8, 4) is 0 Å². The smallest absolute Gasteiger partial charge is 0.337 e. The lowest BCUT2D eigenvalue weighted by Gasteiger charge is -2.24. The molecule has 11 nitrogen and oxygen atoms in total. The Hall–Kier alpha value is -3.36. The molecule has 0 fully saturated rings. The lowest BCUT2D eigenvalue weighted by Crippen LogP contribution is -2.28. The summed E-state index contributed by atoms with van der Waals surface area (Å²) in [5, 5.41) is 34.3. The van der Waals surface area contributed by atoms with E-state index in [2.05, 4.69) is 25.6 Å². The van der Waals surface area contributed by atoms with Gasteiger partial charge in [-0.25, -0.2) is 4.79 Å². The number of carboxylic acids is 1. The molecule has 1 atom stereocenters. The molecule has 0 saturated carbocycles. The fraction of sp³-hybridized carbons (Fsp3) is 0.304. The van der Waals surface area contributed by atoms with Crippen LogP contribution in [-0.2, 0) is 9.53 Å². The zero-order chi connectivity index (χ0) is 25.9. The molecule has 3 rings (SSSR count). The largest absolute Gasteiger partial charge is 0.479 e. The van der Waals surface area contributed by atoms with Crippen LogP contribution < -0.4 is 15.5 Å². The topological polar surface area (TPSA) is 159 Å². The summed E-state index contributed by atoms with van der Waals surface area (Å²) in [5.41, 5.74) is 2.77. The van der Waals surface area contributed by atoms with Gasteiger partial charge in [-0.3, -0.25) is 0 Å². The monoisotopic (exact) mass is 532 g/mol. The van der Waals surface area contributed by atoms with Gasteiger partial charge in [0.1, 0.15) is 6.73 Å². The van der Waals surface area contributed by atoms with Gasteiger partial charge in [0, 0.05) is 30.2 Å². The van der Waals surface area contributed by atoms with Gasteiger partial charge < -0.3 is 45.6 Å². The second kappa shape index (κ2) is 13.7. The number of anilines is 4. The van der Waals surface area contributed by atoms with Crippen LogP contribution in [0.1, 0.15) is 18.1 Å². The minimum Gasteiger partial charge on any atom is -0.479 e. The van der Waals surface area contributed by atoms with Crippen molar-refractivity contribution in [1.82, 2.24) is 15.0 Å². The molecule has 0 saturated heterocycles. The Balaban J connectivity index is 1.43. The molecule has 0 aliphatic heterocycles. The lowest BCUT2D eigenvalue weighted by molar-refractivity contribution is -0.146. The Kier molecular flexibility index (Phi) is 10.3. The number of benzene rings is 2. The molecule has 1 unspecified atom stereocenters. The van der Waals surface area contributed by atoms with Gasteiger partial charge in [0.25, 0.3) is 0 Å².